The molecule has 1 atom stereocenters. The lowest BCUT2D eigenvalue weighted by atomic mass is 10.1. The second-order valence-corrected chi connectivity index (χ2v) is 4.40. The molecule has 1 aliphatic heterocycles. The van der Waals surface area contributed by atoms with Crippen LogP contribution in [0.4, 0.5) is 4.39 Å². The second-order valence-electron chi connectivity index (χ2n) is 4.40. The molecule has 1 fully saturated rings. The lowest BCUT2D eigenvalue weighted by molar-refractivity contribution is 0.169. The summed E-state index contributed by atoms with van der Waals surface area (Å²) in [6.07, 6.45) is 4.01. The van der Waals surface area contributed by atoms with Crippen molar-refractivity contribution in [2.75, 3.05) is 13.1 Å². The Balaban J connectivity index is 1.89. The van der Waals surface area contributed by atoms with Gasteiger partial charge in [-0.15, -0.1) is 0 Å². The number of benzene rings is 1. The van der Waals surface area contributed by atoms with Gasteiger partial charge in [-0.25, -0.2) is 4.39 Å². The molecule has 1 aliphatic rings. The Morgan fingerprint density at radius 1 is 1.35 bits per heavy atom. The number of aromatic amines is 1. The van der Waals surface area contributed by atoms with E-state index < -0.39 is 0 Å². The minimum absolute atomic E-state index is 0.141. The van der Waals surface area contributed by atoms with Crippen LogP contribution in [0, 0.1) is 5.82 Å². The molecule has 17 heavy (non-hydrogen) atoms. The molecule has 0 bridgehead atoms. The van der Waals surface area contributed by atoms with E-state index >= 15 is 0 Å². The Hall–Kier alpha value is -1.55. The van der Waals surface area contributed by atoms with E-state index in [4.69, 9.17) is 4.74 Å². The van der Waals surface area contributed by atoms with Crippen molar-refractivity contribution in [3.63, 3.8) is 0 Å². The smallest absolute Gasteiger partial charge is 0.148 e. The molecule has 3 nitrogen and oxygen atoms in total. The van der Waals surface area contributed by atoms with Crippen molar-refractivity contribution in [3.05, 3.63) is 30.2 Å². The minimum Gasteiger partial charge on any atom is -0.487 e. The van der Waals surface area contributed by atoms with Gasteiger partial charge in [-0.05, 0) is 31.5 Å². The number of aromatic nitrogens is 1. The molecule has 1 aromatic heterocycles. The summed E-state index contributed by atoms with van der Waals surface area (Å²) in [5, 5.41) is 3.83. The fourth-order valence-corrected chi connectivity index (χ4v) is 2.30. The third-order valence-electron chi connectivity index (χ3n) is 3.16. The minimum atomic E-state index is -0.234. The van der Waals surface area contributed by atoms with Crippen LogP contribution in [0.2, 0.25) is 0 Å². The zero-order chi connectivity index (χ0) is 11.7. The van der Waals surface area contributed by atoms with Gasteiger partial charge in [-0.3, -0.25) is 0 Å². The van der Waals surface area contributed by atoms with Gasteiger partial charge in [-0.1, -0.05) is 6.07 Å². The Morgan fingerprint density at radius 2 is 2.29 bits per heavy atom. The van der Waals surface area contributed by atoms with Crippen LogP contribution in [0.3, 0.4) is 0 Å². The largest absolute Gasteiger partial charge is 0.487 e. The highest BCUT2D eigenvalue weighted by Crippen LogP contribution is 2.29. The first-order chi connectivity index (χ1) is 8.34. The molecular formula is C13H15FN2O. The first-order valence-electron chi connectivity index (χ1n) is 5.97. The topological polar surface area (TPSA) is 37.0 Å². The Labute approximate surface area is 99.0 Å². The van der Waals surface area contributed by atoms with Gasteiger partial charge >= 0.3 is 0 Å². The predicted octanol–water partition coefficient (Wildman–Crippen LogP) is 2.44. The maximum atomic E-state index is 13.7. The third kappa shape index (κ3) is 2.00. The fraction of sp³-hybridized carbons (Fsp3) is 0.385. The number of piperidine rings is 1. The second kappa shape index (κ2) is 4.37. The van der Waals surface area contributed by atoms with E-state index in [1.807, 2.05) is 6.07 Å². The molecule has 0 aliphatic carbocycles. The molecule has 0 amide bonds. The maximum Gasteiger partial charge on any atom is 0.148 e. The Bertz CT molecular complexity index is 517. The van der Waals surface area contributed by atoms with Crippen LogP contribution in [0.5, 0.6) is 5.75 Å². The summed E-state index contributed by atoms with van der Waals surface area (Å²) in [4.78, 5) is 3.03. The zero-order valence-electron chi connectivity index (χ0n) is 9.50. The first-order valence-corrected chi connectivity index (χ1v) is 5.97. The summed E-state index contributed by atoms with van der Waals surface area (Å²) in [6, 6.07) is 5.01. The Morgan fingerprint density at radius 3 is 3.12 bits per heavy atom. The van der Waals surface area contributed by atoms with Gasteiger partial charge in [0.15, 0.2) is 0 Å². The molecule has 1 unspecified atom stereocenters. The summed E-state index contributed by atoms with van der Waals surface area (Å²) >= 11 is 0. The van der Waals surface area contributed by atoms with Crippen LogP contribution >= 0.6 is 0 Å². The van der Waals surface area contributed by atoms with Crippen LogP contribution in [0.15, 0.2) is 24.4 Å². The molecule has 90 valence electrons. The summed E-state index contributed by atoms with van der Waals surface area (Å²) in [6.45, 7) is 1.88. The monoisotopic (exact) mass is 234 g/mol. The maximum absolute atomic E-state index is 13.7. The van der Waals surface area contributed by atoms with Gasteiger partial charge in [0.25, 0.3) is 0 Å². The van der Waals surface area contributed by atoms with Gasteiger partial charge in [0.05, 0.1) is 10.9 Å². The van der Waals surface area contributed by atoms with Gasteiger partial charge in [-0.2, -0.15) is 0 Å². The molecular weight excluding hydrogens is 219 g/mol. The van der Waals surface area contributed by atoms with Crippen LogP contribution in [-0.2, 0) is 0 Å². The van der Waals surface area contributed by atoms with Crippen molar-refractivity contribution >= 4 is 10.9 Å². The molecule has 2 N–H and O–H groups in total. The van der Waals surface area contributed by atoms with E-state index in [-0.39, 0.29) is 11.9 Å². The standard InChI is InChI=1S/C13H15FN2O/c14-10-4-1-5-11-13(10)12(8-16-11)17-9-3-2-6-15-7-9/h1,4-5,8-9,15-16H,2-3,6-7H2. The van der Waals surface area contributed by atoms with E-state index in [0.717, 1.165) is 31.4 Å². The molecule has 0 radical (unpaired) electrons. The highest BCUT2D eigenvalue weighted by Gasteiger charge is 2.17. The van der Waals surface area contributed by atoms with Crippen molar-refractivity contribution in [2.24, 2.45) is 0 Å². The lowest BCUT2D eigenvalue weighted by Gasteiger charge is -2.23. The first kappa shape index (κ1) is 10.6. The highest BCUT2D eigenvalue weighted by molar-refractivity contribution is 5.86. The van der Waals surface area contributed by atoms with Crippen LogP contribution < -0.4 is 10.1 Å². The van der Waals surface area contributed by atoms with Crippen molar-refractivity contribution < 1.29 is 9.13 Å². The number of halogens is 1. The van der Waals surface area contributed by atoms with E-state index in [1.165, 1.54) is 6.07 Å². The molecule has 2 aromatic rings. The van der Waals surface area contributed by atoms with Crippen molar-refractivity contribution in [2.45, 2.75) is 18.9 Å². The van der Waals surface area contributed by atoms with Crippen molar-refractivity contribution in [1.82, 2.24) is 10.3 Å². The molecule has 0 spiro atoms. The third-order valence-corrected chi connectivity index (χ3v) is 3.16. The summed E-state index contributed by atoms with van der Waals surface area (Å²) in [5.41, 5.74) is 0.781. The van der Waals surface area contributed by atoms with Crippen LogP contribution in [0.1, 0.15) is 12.8 Å². The van der Waals surface area contributed by atoms with Gasteiger partial charge in [0.2, 0.25) is 0 Å². The summed E-state index contributed by atoms with van der Waals surface area (Å²) in [7, 11) is 0. The normalized spacial score (nSPS) is 20.6. The highest BCUT2D eigenvalue weighted by atomic mass is 19.1. The van der Waals surface area contributed by atoms with E-state index in [2.05, 4.69) is 10.3 Å². The van der Waals surface area contributed by atoms with E-state index in [1.54, 1.807) is 12.3 Å². The summed E-state index contributed by atoms with van der Waals surface area (Å²) in [5.74, 6) is 0.384. The fourth-order valence-electron chi connectivity index (χ4n) is 2.30. The number of hydrogen-bond donors (Lipinski definition) is 2. The zero-order valence-corrected chi connectivity index (χ0v) is 9.50. The number of fused-ring (bicyclic) bond motifs is 1. The number of hydrogen-bond acceptors (Lipinski definition) is 2. The van der Waals surface area contributed by atoms with Crippen molar-refractivity contribution in [1.29, 1.82) is 0 Å². The van der Waals surface area contributed by atoms with E-state index in [0.29, 0.717) is 11.1 Å². The number of ether oxygens (including phenoxy) is 1. The predicted molar refractivity (Wildman–Crippen MR) is 64.8 cm³/mol. The number of rotatable bonds is 2. The quantitative estimate of drug-likeness (QED) is 0.837. The average molecular weight is 234 g/mol. The average Bonchev–Trinajstić information content (AvgIpc) is 2.75. The van der Waals surface area contributed by atoms with Gasteiger partial charge in [0.1, 0.15) is 17.7 Å². The van der Waals surface area contributed by atoms with Gasteiger partial charge < -0.3 is 15.0 Å². The summed E-state index contributed by atoms with van der Waals surface area (Å²) < 4.78 is 19.6. The van der Waals surface area contributed by atoms with E-state index in [9.17, 15) is 4.39 Å². The van der Waals surface area contributed by atoms with Gasteiger partial charge in [0, 0.05) is 12.7 Å². The lowest BCUT2D eigenvalue weighted by Crippen LogP contribution is -2.37. The molecule has 4 heteroatoms. The molecule has 0 saturated carbocycles. The molecule has 1 saturated heterocycles. The Kier molecular flexibility index (Phi) is 2.73. The molecule has 1 aromatic carbocycles. The number of H-pyrrole nitrogens is 1. The van der Waals surface area contributed by atoms with Crippen LogP contribution in [-0.4, -0.2) is 24.2 Å². The molecule has 3 rings (SSSR count). The SMILES string of the molecule is Fc1cccc2[nH]cc(OC3CCCNC3)c12. The molecule has 2 heterocycles. The van der Waals surface area contributed by atoms with Crippen LogP contribution in [0.25, 0.3) is 10.9 Å². The number of nitrogens with one attached hydrogen (secondary N) is 2. The van der Waals surface area contributed by atoms with Crippen molar-refractivity contribution in [3.8, 4) is 5.75 Å².